The number of hydrogen-bond acceptors (Lipinski definition) is 1. The summed E-state index contributed by atoms with van der Waals surface area (Å²) in [7, 11) is 0. The smallest absolute Gasteiger partial charge is 0.335 e. The van der Waals surface area contributed by atoms with Crippen LogP contribution in [-0.2, 0) is 6.42 Å². The number of carbonyl (C=O) groups is 1. The van der Waals surface area contributed by atoms with Crippen LogP contribution in [0.25, 0.3) is 4.48 Å². The lowest BCUT2D eigenvalue weighted by atomic mass is 10.1. The van der Waals surface area contributed by atoms with Crippen molar-refractivity contribution in [2.24, 2.45) is 0 Å². The highest BCUT2D eigenvalue weighted by Crippen LogP contribution is 2.32. The van der Waals surface area contributed by atoms with Crippen molar-refractivity contribution >= 4 is 26.4 Å². The van der Waals surface area contributed by atoms with Gasteiger partial charge < -0.3 is 5.11 Å². The normalized spacial score (nSPS) is 13.8. The first-order chi connectivity index (χ1) is 6.18. The van der Waals surface area contributed by atoms with Crippen molar-refractivity contribution in [1.29, 1.82) is 0 Å². The topological polar surface area (TPSA) is 37.3 Å². The van der Waals surface area contributed by atoms with Crippen LogP contribution >= 0.6 is 15.9 Å². The van der Waals surface area contributed by atoms with E-state index in [9.17, 15) is 4.79 Å². The van der Waals surface area contributed by atoms with Crippen molar-refractivity contribution in [1.82, 2.24) is 0 Å². The fourth-order valence-electron chi connectivity index (χ4n) is 1.42. The molecule has 1 N–H and O–H groups in total. The molecule has 1 aromatic rings. The minimum absolute atomic E-state index is 0.339. The van der Waals surface area contributed by atoms with Gasteiger partial charge >= 0.3 is 5.97 Å². The molecule has 2 rings (SSSR count). The van der Waals surface area contributed by atoms with Crippen molar-refractivity contribution in [3.8, 4) is 0 Å². The fraction of sp³-hybridized carbons (Fsp3) is 0.100. The van der Waals surface area contributed by atoms with Gasteiger partial charge in [-0.05, 0) is 29.7 Å². The fourth-order valence-corrected chi connectivity index (χ4v) is 1.95. The zero-order chi connectivity index (χ0) is 9.42. The van der Waals surface area contributed by atoms with Crippen LogP contribution in [0.2, 0.25) is 0 Å². The average molecular weight is 239 g/mol. The molecule has 0 amide bonds. The highest BCUT2D eigenvalue weighted by Gasteiger charge is 2.13. The van der Waals surface area contributed by atoms with E-state index in [0.717, 1.165) is 16.5 Å². The van der Waals surface area contributed by atoms with Gasteiger partial charge in [-0.1, -0.05) is 28.1 Å². The summed E-state index contributed by atoms with van der Waals surface area (Å²) in [6.07, 6.45) is 2.92. The van der Waals surface area contributed by atoms with Gasteiger partial charge in [-0.25, -0.2) is 4.79 Å². The van der Waals surface area contributed by atoms with Gasteiger partial charge in [0.15, 0.2) is 0 Å². The first-order valence-electron chi connectivity index (χ1n) is 3.91. The number of carboxylic acids is 1. The molecule has 1 aliphatic rings. The third-order valence-corrected chi connectivity index (χ3v) is 2.87. The molecule has 0 aliphatic heterocycles. The Morgan fingerprint density at radius 1 is 1.46 bits per heavy atom. The number of fused-ring (bicyclic) bond motifs is 1. The third-order valence-electron chi connectivity index (χ3n) is 2.12. The molecule has 1 aromatic carbocycles. The van der Waals surface area contributed by atoms with Gasteiger partial charge in [-0.15, -0.1) is 0 Å². The molecule has 1 aliphatic carbocycles. The van der Waals surface area contributed by atoms with Gasteiger partial charge in [-0.2, -0.15) is 0 Å². The Hall–Kier alpha value is -1.09. The van der Waals surface area contributed by atoms with Crippen LogP contribution in [0, 0.1) is 0 Å². The second kappa shape index (κ2) is 3.00. The summed E-state index contributed by atoms with van der Waals surface area (Å²) in [5.74, 6) is -0.880. The van der Waals surface area contributed by atoms with Crippen LogP contribution in [0.1, 0.15) is 21.5 Å². The molecule has 0 bridgehead atoms. The van der Waals surface area contributed by atoms with Crippen LogP contribution in [0.5, 0.6) is 0 Å². The number of aromatic carboxylic acids is 1. The van der Waals surface area contributed by atoms with Gasteiger partial charge in [0.25, 0.3) is 0 Å². The molecule has 0 unspecified atom stereocenters. The molecule has 0 saturated heterocycles. The van der Waals surface area contributed by atoms with Crippen LogP contribution in [-0.4, -0.2) is 11.1 Å². The lowest BCUT2D eigenvalue weighted by Gasteiger charge is -2.01. The van der Waals surface area contributed by atoms with Crippen LogP contribution in [0.15, 0.2) is 24.3 Å². The number of halogens is 1. The predicted octanol–water partition coefficient (Wildman–Crippen LogP) is 2.68. The summed E-state index contributed by atoms with van der Waals surface area (Å²) in [5.41, 5.74) is 2.52. The molecular formula is C10H7BrO2. The number of benzene rings is 1. The van der Waals surface area contributed by atoms with Crippen molar-refractivity contribution in [2.75, 3.05) is 0 Å². The summed E-state index contributed by atoms with van der Waals surface area (Å²) in [5, 5.41) is 8.77. The van der Waals surface area contributed by atoms with E-state index >= 15 is 0 Å². The molecule has 0 saturated carbocycles. The molecule has 0 aromatic heterocycles. The van der Waals surface area contributed by atoms with E-state index in [1.54, 1.807) is 12.1 Å². The number of hydrogen-bond donors (Lipinski definition) is 1. The summed E-state index contributed by atoms with van der Waals surface area (Å²) in [6, 6.07) is 5.20. The Labute approximate surface area is 84.0 Å². The first-order valence-corrected chi connectivity index (χ1v) is 4.70. The van der Waals surface area contributed by atoms with Gasteiger partial charge in [-0.3, -0.25) is 0 Å². The number of carboxylic acid groups (broad SMARTS) is 1. The monoisotopic (exact) mass is 238 g/mol. The van der Waals surface area contributed by atoms with E-state index in [-0.39, 0.29) is 0 Å². The predicted molar refractivity (Wildman–Crippen MR) is 54.0 cm³/mol. The van der Waals surface area contributed by atoms with E-state index in [2.05, 4.69) is 15.9 Å². The Kier molecular flexibility index (Phi) is 1.96. The van der Waals surface area contributed by atoms with Gasteiger partial charge in [0, 0.05) is 4.48 Å². The molecule has 0 radical (unpaired) electrons. The van der Waals surface area contributed by atoms with Crippen molar-refractivity contribution in [3.05, 3.63) is 41.0 Å². The lowest BCUT2D eigenvalue weighted by Crippen LogP contribution is -1.97. The Bertz CT molecular complexity index is 407. The van der Waals surface area contributed by atoms with Gasteiger partial charge in [0.05, 0.1) is 5.56 Å². The molecule has 66 valence electrons. The minimum Gasteiger partial charge on any atom is -0.478 e. The number of rotatable bonds is 1. The molecule has 13 heavy (non-hydrogen) atoms. The van der Waals surface area contributed by atoms with E-state index in [1.807, 2.05) is 12.1 Å². The largest absolute Gasteiger partial charge is 0.478 e. The zero-order valence-electron chi connectivity index (χ0n) is 6.75. The third kappa shape index (κ3) is 1.40. The average Bonchev–Trinajstić information content (AvgIpc) is 2.47. The lowest BCUT2D eigenvalue weighted by molar-refractivity contribution is 0.0697. The van der Waals surface area contributed by atoms with E-state index in [1.165, 1.54) is 5.56 Å². The summed E-state index contributed by atoms with van der Waals surface area (Å²) in [4.78, 5) is 10.7. The summed E-state index contributed by atoms with van der Waals surface area (Å²) < 4.78 is 0.991. The Morgan fingerprint density at radius 2 is 2.23 bits per heavy atom. The Morgan fingerprint density at radius 3 is 2.92 bits per heavy atom. The van der Waals surface area contributed by atoms with Crippen LogP contribution in [0.3, 0.4) is 0 Å². The molecule has 0 fully saturated rings. The standard InChI is InChI=1S/C10H7BrO2/c11-9-4-3-6-1-2-7(10(12)13)5-8(6)9/h1-2,4-5H,3H2,(H,12,13). The molecule has 0 spiro atoms. The Balaban J connectivity index is 2.53. The first kappa shape index (κ1) is 8.51. The summed E-state index contributed by atoms with van der Waals surface area (Å²) in [6.45, 7) is 0. The summed E-state index contributed by atoms with van der Waals surface area (Å²) >= 11 is 3.39. The molecule has 0 atom stereocenters. The molecule has 3 heteroatoms. The van der Waals surface area contributed by atoms with Crippen LogP contribution < -0.4 is 0 Å². The highest BCUT2D eigenvalue weighted by atomic mass is 79.9. The van der Waals surface area contributed by atoms with Crippen molar-refractivity contribution in [2.45, 2.75) is 6.42 Å². The van der Waals surface area contributed by atoms with Gasteiger partial charge in [0.2, 0.25) is 0 Å². The van der Waals surface area contributed by atoms with E-state index in [4.69, 9.17) is 5.11 Å². The zero-order valence-corrected chi connectivity index (χ0v) is 8.34. The van der Waals surface area contributed by atoms with Crippen molar-refractivity contribution < 1.29 is 9.90 Å². The molecule has 0 heterocycles. The minimum atomic E-state index is -0.880. The molecule has 2 nitrogen and oxygen atoms in total. The van der Waals surface area contributed by atoms with Crippen molar-refractivity contribution in [3.63, 3.8) is 0 Å². The second-order valence-corrected chi connectivity index (χ2v) is 3.79. The van der Waals surface area contributed by atoms with E-state index < -0.39 is 5.97 Å². The highest BCUT2D eigenvalue weighted by molar-refractivity contribution is 9.15. The van der Waals surface area contributed by atoms with Gasteiger partial charge in [0.1, 0.15) is 0 Å². The maximum Gasteiger partial charge on any atom is 0.335 e. The SMILES string of the molecule is O=C(O)c1ccc2c(c1)C(Br)=CC2. The molecular weight excluding hydrogens is 232 g/mol. The quantitative estimate of drug-likeness (QED) is 0.817. The maximum atomic E-state index is 10.7. The maximum absolute atomic E-state index is 10.7. The number of allylic oxidation sites excluding steroid dienone is 1. The van der Waals surface area contributed by atoms with E-state index in [0.29, 0.717) is 5.56 Å². The second-order valence-electron chi connectivity index (χ2n) is 2.93. The van der Waals surface area contributed by atoms with Crippen LogP contribution in [0.4, 0.5) is 0 Å².